The highest BCUT2D eigenvalue weighted by Crippen LogP contribution is 2.57. The second-order valence-electron chi connectivity index (χ2n) is 19.0. The summed E-state index contributed by atoms with van der Waals surface area (Å²) in [6.45, 7) is 2.41. The molecule has 0 amide bonds. The van der Waals surface area contributed by atoms with Gasteiger partial charge in [0.1, 0.15) is 0 Å². The van der Waals surface area contributed by atoms with Crippen LogP contribution < -0.4 is 4.90 Å². The first-order valence-electron chi connectivity index (χ1n) is 24.5. The molecule has 1 atom stereocenters. The molecule has 1 saturated carbocycles. The van der Waals surface area contributed by atoms with E-state index < -0.39 is 0 Å². The monoisotopic (exact) mass is 889 g/mol. The summed E-state index contributed by atoms with van der Waals surface area (Å²) in [6.07, 6.45) is 6.45. The predicted octanol–water partition coefficient (Wildman–Crippen LogP) is 19.1. The number of fused-ring (bicyclic) bond motifs is 7. The highest BCUT2D eigenvalue weighted by Gasteiger charge is 2.42. The van der Waals surface area contributed by atoms with E-state index in [0.717, 1.165) is 17.1 Å². The largest absolute Gasteiger partial charge is 0.309 e. The Morgan fingerprint density at radius 3 is 1.79 bits per heavy atom. The molecule has 326 valence electrons. The molecule has 1 heterocycles. The zero-order chi connectivity index (χ0) is 45.2. The maximum atomic E-state index is 2.55. The van der Waals surface area contributed by atoms with E-state index in [9.17, 15) is 0 Å². The molecule has 0 bridgehead atoms. The second kappa shape index (κ2) is 16.7. The third-order valence-electron chi connectivity index (χ3n) is 15.4. The molecule has 1 aromatic heterocycles. The highest BCUT2D eigenvalue weighted by atomic mass is 32.1. The van der Waals surface area contributed by atoms with Gasteiger partial charge in [0, 0.05) is 42.4 Å². The van der Waals surface area contributed by atoms with Crippen molar-refractivity contribution in [3.05, 3.63) is 247 Å². The number of rotatable bonds is 8. The molecule has 1 nitrogen and oxygen atoms in total. The molecule has 1 unspecified atom stereocenters. The Balaban J connectivity index is 1.04. The topological polar surface area (TPSA) is 3.24 Å². The molecule has 1 fully saturated rings. The van der Waals surface area contributed by atoms with Crippen LogP contribution in [0.1, 0.15) is 67.2 Å². The van der Waals surface area contributed by atoms with Gasteiger partial charge in [0.2, 0.25) is 0 Å². The van der Waals surface area contributed by atoms with Crippen LogP contribution in [0.3, 0.4) is 0 Å². The van der Waals surface area contributed by atoms with Crippen molar-refractivity contribution in [2.24, 2.45) is 0 Å². The molecule has 10 aromatic carbocycles. The minimum atomic E-state index is -0.304. The minimum absolute atomic E-state index is 0.304. The van der Waals surface area contributed by atoms with Gasteiger partial charge >= 0.3 is 0 Å². The number of hydrogen-bond donors (Lipinski definition) is 0. The lowest BCUT2D eigenvalue weighted by atomic mass is 9.74. The predicted molar refractivity (Wildman–Crippen MR) is 291 cm³/mol. The lowest BCUT2D eigenvalue weighted by molar-refractivity contribution is 0.445. The van der Waals surface area contributed by atoms with Crippen LogP contribution in [-0.4, -0.2) is 0 Å². The van der Waals surface area contributed by atoms with Crippen molar-refractivity contribution in [1.29, 1.82) is 0 Å². The molecule has 0 spiro atoms. The summed E-state index contributed by atoms with van der Waals surface area (Å²) in [7, 11) is 0. The number of nitrogens with zero attached hydrogens (tertiary/aromatic N) is 1. The average Bonchev–Trinajstić information content (AvgIpc) is 3.93. The van der Waals surface area contributed by atoms with Crippen molar-refractivity contribution in [2.45, 2.75) is 50.4 Å². The Morgan fingerprint density at radius 2 is 1.00 bits per heavy atom. The van der Waals surface area contributed by atoms with Crippen molar-refractivity contribution in [2.75, 3.05) is 4.90 Å². The standard InChI is InChI=1S/C66H51NS/c1-66(47-24-6-3-7-25-47)57-34-12-8-28-55(57)64-54(33-18-35-58(64)66)52-27-10-14-37-60(52)67(48-42-40-45(41-43-48)50-31-19-39-62-65(50)56-29-11-15-38-61(56)68-62)59-36-13-9-26-51(59)53-32-17-23-46-22-16-30-49(63(46)53)44-20-4-2-5-21-44/h3,6-19,22-44H,2,4-5,20-21H2,1H3. The van der Waals surface area contributed by atoms with Gasteiger partial charge in [-0.15, -0.1) is 11.3 Å². The molecular weight excluding hydrogens is 839 g/mol. The third kappa shape index (κ3) is 6.49. The van der Waals surface area contributed by atoms with Crippen molar-refractivity contribution in [3.8, 4) is 44.5 Å². The quantitative estimate of drug-likeness (QED) is 0.147. The maximum absolute atomic E-state index is 2.55. The zero-order valence-corrected chi connectivity index (χ0v) is 39.1. The molecule has 0 radical (unpaired) electrons. The number of para-hydroxylation sites is 2. The van der Waals surface area contributed by atoms with Crippen LogP contribution in [0.4, 0.5) is 17.1 Å². The molecule has 2 aliphatic rings. The smallest absolute Gasteiger partial charge is 0.0540 e. The Bertz CT molecular complexity index is 3680. The van der Waals surface area contributed by atoms with Crippen LogP contribution in [-0.2, 0) is 5.41 Å². The van der Waals surface area contributed by atoms with E-state index in [1.54, 1.807) is 0 Å². The lowest BCUT2D eigenvalue weighted by Crippen LogP contribution is -2.22. The van der Waals surface area contributed by atoms with E-state index in [2.05, 4.69) is 236 Å². The van der Waals surface area contributed by atoms with Crippen molar-refractivity contribution < 1.29 is 0 Å². The molecule has 2 heteroatoms. The van der Waals surface area contributed by atoms with Gasteiger partial charge in [0.15, 0.2) is 0 Å². The van der Waals surface area contributed by atoms with Gasteiger partial charge in [-0.3, -0.25) is 0 Å². The van der Waals surface area contributed by atoms with Gasteiger partial charge in [-0.1, -0.05) is 207 Å². The molecule has 11 aromatic rings. The zero-order valence-electron chi connectivity index (χ0n) is 38.3. The maximum Gasteiger partial charge on any atom is 0.0540 e. The number of anilines is 3. The van der Waals surface area contributed by atoms with Gasteiger partial charge in [-0.25, -0.2) is 0 Å². The second-order valence-corrected chi connectivity index (χ2v) is 20.1. The van der Waals surface area contributed by atoms with E-state index in [4.69, 9.17) is 0 Å². The van der Waals surface area contributed by atoms with Gasteiger partial charge in [-0.05, 0) is 128 Å². The SMILES string of the molecule is CC1(c2ccccc2)c2ccccc2-c2c(-c3ccccc3N(c3ccc(-c4cccc5sc6ccccc6c45)cc3)c3ccccc3-c3cccc4cccc(C5CCCCC5)c34)cccc21. The Morgan fingerprint density at radius 1 is 0.426 bits per heavy atom. The first-order valence-corrected chi connectivity index (χ1v) is 25.3. The van der Waals surface area contributed by atoms with Crippen LogP contribution >= 0.6 is 11.3 Å². The Hall–Kier alpha value is -7.52. The van der Waals surface area contributed by atoms with E-state index in [1.165, 1.54) is 130 Å². The van der Waals surface area contributed by atoms with Gasteiger partial charge < -0.3 is 4.90 Å². The first kappa shape index (κ1) is 40.7. The molecule has 13 rings (SSSR count). The molecule has 2 aliphatic carbocycles. The first-order chi connectivity index (χ1) is 33.6. The molecular formula is C66H51NS. The normalized spacial score (nSPS) is 15.7. The third-order valence-corrected chi connectivity index (χ3v) is 16.5. The van der Waals surface area contributed by atoms with Gasteiger partial charge in [-0.2, -0.15) is 0 Å². The Labute approximate surface area is 403 Å². The van der Waals surface area contributed by atoms with Crippen LogP contribution in [0.5, 0.6) is 0 Å². The van der Waals surface area contributed by atoms with Crippen molar-refractivity contribution in [1.82, 2.24) is 0 Å². The van der Waals surface area contributed by atoms with E-state index in [0.29, 0.717) is 5.92 Å². The average molecular weight is 890 g/mol. The summed E-state index contributed by atoms with van der Waals surface area (Å²) in [6, 6.07) is 84.4. The summed E-state index contributed by atoms with van der Waals surface area (Å²) in [4.78, 5) is 2.55. The molecule has 0 saturated heterocycles. The van der Waals surface area contributed by atoms with Gasteiger partial charge in [0.05, 0.1) is 11.4 Å². The fourth-order valence-electron chi connectivity index (χ4n) is 12.2. The summed E-state index contributed by atoms with van der Waals surface area (Å²) in [5.41, 5.74) is 18.7. The highest BCUT2D eigenvalue weighted by molar-refractivity contribution is 7.25. The van der Waals surface area contributed by atoms with Crippen LogP contribution in [0.2, 0.25) is 0 Å². The number of hydrogen-bond acceptors (Lipinski definition) is 2. The number of thiophene rings is 1. The van der Waals surface area contributed by atoms with E-state index >= 15 is 0 Å². The summed E-state index contributed by atoms with van der Waals surface area (Å²) in [5.74, 6) is 0.569. The van der Waals surface area contributed by atoms with Crippen LogP contribution in [0.25, 0.3) is 75.5 Å². The van der Waals surface area contributed by atoms with Gasteiger partial charge in [0.25, 0.3) is 0 Å². The van der Waals surface area contributed by atoms with Crippen molar-refractivity contribution in [3.63, 3.8) is 0 Å². The molecule has 0 aliphatic heterocycles. The van der Waals surface area contributed by atoms with Crippen LogP contribution in [0, 0.1) is 0 Å². The summed E-state index contributed by atoms with van der Waals surface area (Å²) < 4.78 is 2.64. The minimum Gasteiger partial charge on any atom is -0.309 e. The van der Waals surface area contributed by atoms with E-state index in [1.807, 2.05) is 11.3 Å². The number of benzene rings is 10. The molecule has 68 heavy (non-hydrogen) atoms. The fraction of sp³-hybridized carbons (Fsp3) is 0.121. The fourth-order valence-corrected chi connectivity index (χ4v) is 13.3. The van der Waals surface area contributed by atoms with Crippen molar-refractivity contribution >= 4 is 59.3 Å². The summed E-state index contributed by atoms with van der Waals surface area (Å²) in [5, 5.41) is 5.36. The Kier molecular flexibility index (Phi) is 9.98. The van der Waals surface area contributed by atoms with E-state index in [-0.39, 0.29) is 5.41 Å². The lowest BCUT2D eigenvalue weighted by Gasteiger charge is -2.31. The molecule has 0 N–H and O–H groups in total. The van der Waals surface area contributed by atoms with Crippen LogP contribution in [0.15, 0.2) is 224 Å². The summed E-state index contributed by atoms with van der Waals surface area (Å²) >= 11 is 1.88.